The Kier molecular flexibility index (Phi) is 3.92. The highest BCUT2D eigenvalue weighted by atomic mass is 32.2. The lowest BCUT2D eigenvalue weighted by molar-refractivity contribution is -0.0587. The largest absolute Gasteiger partial charge is 0.497 e. The van der Waals surface area contributed by atoms with Crippen LogP contribution in [0.5, 0.6) is 5.75 Å². The zero-order valence-electron chi connectivity index (χ0n) is 12.7. The molecule has 3 rings (SSSR count). The third-order valence-corrected chi connectivity index (χ3v) is 5.84. The molecule has 3 atom stereocenters. The smallest absolute Gasteiger partial charge is 0.211 e. The first kappa shape index (κ1) is 15.7. The van der Waals surface area contributed by atoms with E-state index in [0.29, 0.717) is 13.0 Å². The van der Waals surface area contributed by atoms with Crippen LogP contribution in [-0.4, -0.2) is 62.6 Å². The normalized spacial score (nSPS) is 32.7. The van der Waals surface area contributed by atoms with Crippen LogP contribution in [0.1, 0.15) is 17.9 Å². The van der Waals surface area contributed by atoms with Crippen molar-refractivity contribution in [2.24, 2.45) is 0 Å². The van der Waals surface area contributed by atoms with E-state index in [9.17, 15) is 13.5 Å². The maximum atomic E-state index is 11.7. The molecule has 22 heavy (non-hydrogen) atoms. The first-order valence-electron chi connectivity index (χ1n) is 7.25. The van der Waals surface area contributed by atoms with Crippen LogP contribution < -0.4 is 4.74 Å². The van der Waals surface area contributed by atoms with Crippen LogP contribution in [-0.2, 0) is 14.8 Å². The van der Waals surface area contributed by atoms with Gasteiger partial charge in [0.1, 0.15) is 11.4 Å². The lowest BCUT2D eigenvalue weighted by atomic mass is 9.87. The summed E-state index contributed by atoms with van der Waals surface area (Å²) in [6.45, 7) is 0.791. The number of nitrogens with zero attached hydrogens (tertiary/aromatic N) is 1. The van der Waals surface area contributed by atoms with Gasteiger partial charge >= 0.3 is 0 Å². The standard InChI is InChI=1S/C15H21NO5S/c1-20-13-5-3-4-11(6-13)12-7-15(21-9-12)10-16(8-14(15)17)22(2,18)19/h3-6,12,14,17H,7-10H2,1-2H3/t12-,14-,15-/m1/s1. The van der Waals surface area contributed by atoms with Gasteiger partial charge in [-0.1, -0.05) is 12.1 Å². The van der Waals surface area contributed by atoms with Gasteiger partial charge in [-0.05, 0) is 24.1 Å². The lowest BCUT2D eigenvalue weighted by Crippen LogP contribution is -2.41. The van der Waals surface area contributed by atoms with Crippen LogP contribution in [0, 0.1) is 0 Å². The van der Waals surface area contributed by atoms with Crippen LogP contribution in [0.2, 0.25) is 0 Å². The van der Waals surface area contributed by atoms with Crippen LogP contribution in [0.4, 0.5) is 0 Å². The van der Waals surface area contributed by atoms with Crippen molar-refractivity contribution < 1.29 is 23.0 Å². The van der Waals surface area contributed by atoms with Crippen molar-refractivity contribution in [1.29, 1.82) is 0 Å². The predicted octanol–water partition coefficient (Wildman–Crippen LogP) is 0.574. The van der Waals surface area contributed by atoms with Crippen LogP contribution in [0.3, 0.4) is 0 Å². The number of rotatable bonds is 3. The summed E-state index contributed by atoms with van der Waals surface area (Å²) < 4.78 is 35.8. The summed E-state index contributed by atoms with van der Waals surface area (Å²) in [4.78, 5) is 0. The van der Waals surface area contributed by atoms with Crippen molar-refractivity contribution in [3.63, 3.8) is 0 Å². The van der Waals surface area contributed by atoms with Crippen molar-refractivity contribution in [3.05, 3.63) is 29.8 Å². The van der Waals surface area contributed by atoms with Crippen molar-refractivity contribution in [2.45, 2.75) is 24.0 Å². The number of methoxy groups -OCH3 is 1. The van der Waals surface area contributed by atoms with E-state index in [0.717, 1.165) is 17.6 Å². The average molecular weight is 327 g/mol. The molecule has 0 aliphatic carbocycles. The number of aliphatic hydroxyl groups excluding tert-OH is 1. The van der Waals surface area contributed by atoms with E-state index in [-0.39, 0.29) is 19.0 Å². The number of aliphatic hydroxyl groups is 1. The fourth-order valence-corrected chi connectivity index (χ4v) is 4.20. The molecule has 0 amide bonds. The minimum Gasteiger partial charge on any atom is -0.497 e. The van der Waals surface area contributed by atoms with Crippen LogP contribution in [0.25, 0.3) is 0 Å². The number of benzene rings is 1. The van der Waals surface area contributed by atoms with Crippen molar-refractivity contribution >= 4 is 10.0 Å². The highest BCUT2D eigenvalue weighted by Crippen LogP contribution is 2.43. The second kappa shape index (κ2) is 5.49. The number of β-amino-alcohol motifs (C(OH)–C–C–N with tert-alkyl or cyclic N) is 1. The Bertz CT molecular complexity index is 662. The molecule has 7 heteroatoms. The Labute approximate surface area is 130 Å². The monoisotopic (exact) mass is 327 g/mol. The zero-order valence-corrected chi connectivity index (χ0v) is 13.5. The highest BCUT2D eigenvalue weighted by molar-refractivity contribution is 7.88. The molecule has 122 valence electrons. The van der Waals surface area contributed by atoms with Crippen LogP contribution >= 0.6 is 0 Å². The molecule has 2 fully saturated rings. The molecule has 1 aromatic rings. The van der Waals surface area contributed by atoms with E-state index in [1.54, 1.807) is 7.11 Å². The maximum Gasteiger partial charge on any atom is 0.211 e. The summed E-state index contributed by atoms with van der Waals surface area (Å²) in [6, 6.07) is 7.77. The first-order valence-corrected chi connectivity index (χ1v) is 9.10. The Balaban J connectivity index is 1.79. The topological polar surface area (TPSA) is 76.1 Å². The fourth-order valence-electron chi connectivity index (χ4n) is 3.33. The third-order valence-electron chi connectivity index (χ3n) is 4.63. The molecule has 2 aliphatic heterocycles. The van der Waals surface area contributed by atoms with Crippen molar-refractivity contribution in [2.75, 3.05) is 33.1 Å². The summed E-state index contributed by atoms with van der Waals surface area (Å²) in [5.41, 5.74) is 0.290. The number of ether oxygens (including phenoxy) is 2. The molecule has 6 nitrogen and oxygen atoms in total. The van der Waals surface area contributed by atoms with Gasteiger partial charge in [0.05, 0.1) is 26.1 Å². The predicted molar refractivity (Wildman–Crippen MR) is 81.5 cm³/mol. The second-order valence-corrected chi connectivity index (χ2v) is 8.11. The van der Waals surface area contributed by atoms with Gasteiger partial charge in [0.2, 0.25) is 10.0 Å². The second-order valence-electron chi connectivity index (χ2n) is 6.12. The molecule has 0 bridgehead atoms. The van der Waals surface area contributed by atoms with Gasteiger partial charge < -0.3 is 14.6 Å². The molecular weight excluding hydrogens is 306 g/mol. The Morgan fingerprint density at radius 1 is 1.45 bits per heavy atom. The van der Waals surface area contributed by atoms with Gasteiger partial charge in [-0.3, -0.25) is 0 Å². The molecule has 1 aromatic carbocycles. The van der Waals surface area contributed by atoms with Gasteiger partial charge in [0, 0.05) is 19.0 Å². The van der Waals surface area contributed by atoms with E-state index in [1.807, 2.05) is 24.3 Å². The minimum absolute atomic E-state index is 0.101. The van der Waals surface area contributed by atoms with Crippen LogP contribution in [0.15, 0.2) is 24.3 Å². The zero-order chi connectivity index (χ0) is 16.0. The number of hydrogen-bond donors (Lipinski definition) is 1. The van der Waals surface area contributed by atoms with Crippen molar-refractivity contribution in [1.82, 2.24) is 4.31 Å². The van der Waals surface area contributed by atoms with E-state index >= 15 is 0 Å². The maximum absolute atomic E-state index is 11.7. The number of hydrogen-bond acceptors (Lipinski definition) is 5. The molecule has 0 radical (unpaired) electrons. The van der Waals surface area contributed by atoms with E-state index in [2.05, 4.69) is 0 Å². The summed E-state index contributed by atoms with van der Waals surface area (Å²) >= 11 is 0. The van der Waals surface area contributed by atoms with Gasteiger partial charge in [-0.25, -0.2) is 8.42 Å². The van der Waals surface area contributed by atoms with E-state index in [4.69, 9.17) is 9.47 Å². The van der Waals surface area contributed by atoms with Gasteiger partial charge in [0.15, 0.2) is 0 Å². The lowest BCUT2D eigenvalue weighted by Gasteiger charge is -2.25. The molecule has 0 unspecified atom stereocenters. The molecule has 2 heterocycles. The van der Waals surface area contributed by atoms with Gasteiger partial charge in [-0.15, -0.1) is 0 Å². The molecule has 2 saturated heterocycles. The average Bonchev–Trinajstić information content (AvgIpc) is 3.05. The summed E-state index contributed by atoms with van der Waals surface area (Å²) in [7, 11) is -1.70. The van der Waals surface area contributed by atoms with E-state index in [1.165, 1.54) is 4.31 Å². The number of sulfonamides is 1. The Hall–Kier alpha value is -1.15. The Morgan fingerprint density at radius 2 is 2.23 bits per heavy atom. The van der Waals surface area contributed by atoms with Gasteiger partial charge in [-0.2, -0.15) is 4.31 Å². The summed E-state index contributed by atoms with van der Waals surface area (Å²) in [5, 5.41) is 10.3. The Morgan fingerprint density at radius 3 is 2.86 bits per heavy atom. The minimum atomic E-state index is -3.32. The molecule has 2 aliphatic rings. The summed E-state index contributed by atoms with van der Waals surface area (Å²) in [6.07, 6.45) is 0.971. The molecule has 1 spiro atoms. The van der Waals surface area contributed by atoms with E-state index < -0.39 is 21.7 Å². The molecule has 0 saturated carbocycles. The third kappa shape index (κ3) is 2.74. The van der Waals surface area contributed by atoms with Gasteiger partial charge in [0.25, 0.3) is 0 Å². The summed E-state index contributed by atoms with van der Waals surface area (Å²) in [5.74, 6) is 0.910. The SMILES string of the molecule is COc1cccc([C@H]2CO[C@]3(C2)CN(S(C)(=O)=O)C[C@H]3O)c1. The molecule has 0 aromatic heterocycles. The molecule has 1 N–H and O–H groups in total. The first-order chi connectivity index (χ1) is 10.3. The quantitative estimate of drug-likeness (QED) is 0.878. The fraction of sp³-hybridized carbons (Fsp3) is 0.600. The molecular formula is C15H21NO5S. The highest BCUT2D eigenvalue weighted by Gasteiger charge is 2.54. The van der Waals surface area contributed by atoms with Crippen molar-refractivity contribution in [3.8, 4) is 5.75 Å².